The third-order valence-corrected chi connectivity index (χ3v) is 6.91. The molecule has 1 saturated heterocycles. The fourth-order valence-corrected chi connectivity index (χ4v) is 4.93. The molecule has 0 unspecified atom stereocenters. The van der Waals surface area contributed by atoms with Gasteiger partial charge in [-0.15, -0.1) is 24.8 Å². The van der Waals surface area contributed by atoms with Crippen molar-refractivity contribution in [1.82, 2.24) is 9.88 Å². The standard InChI is InChI=1S/C30H32N4O2.2ClH/c1-23-13-14-27-28(31-23)11-6-12-29(27)33-19-17-32(18-20-33)16-15-24-9-5-10-26(21-24)34(30(35)36)22-25-7-3-2-4-8-25;;/h2-14,21H,15-20,22H2,1H3,(H,35,36);2*1H. The normalized spacial score (nSPS) is 13.4. The van der Waals surface area contributed by atoms with Crippen LogP contribution in [0.15, 0.2) is 84.9 Å². The number of halogens is 2. The van der Waals surface area contributed by atoms with Gasteiger partial charge in [-0.3, -0.25) is 14.8 Å². The number of nitrogens with zero attached hydrogens (tertiary/aromatic N) is 4. The molecule has 1 aromatic heterocycles. The Kier molecular flexibility index (Phi) is 10.4. The summed E-state index contributed by atoms with van der Waals surface area (Å²) in [6.07, 6.45) is -0.0460. The van der Waals surface area contributed by atoms with E-state index in [0.29, 0.717) is 12.2 Å². The summed E-state index contributed by atoms with van der Waals surface area (Å²) in [6, 6.07) is 28.3. The average Bonchev–Trinajstić information content (AvgIpc) is 2.91. The van der Waals surface area contributed by atoms with Crippen LogP contribution < -0.4 is 9.80 Å². The Morgan fingerprint density at radius 2 is 1.58 bits per heavy atom. The van der Waals surface area contributed by atoms with Gasteiger partial charge in [-0.1, -0.05) is 48.5 Å². The van der Waals surface area contributed by atoms with Crippen molar-refractivity contribution in [2.24, 2.45) is 0 Å². The molecular weight excluding hydrogens is 519 g/mol. The Balaban J connectivity index is 0.00000200. The van der Waals surface area contributed by atoms with E-state index >= 15 is 0 Å². The summed E-state index contributed by atoms with van der Waals surface area (Å²) >= 11 is 0. The molecule has 0 radical (unpaired) electrons. The van der Waals surface area contributed by atoms with E-state index < -0.39 is 6.09 Å². The number of rotatable bonds is 7. The van der Waals surface area contributed by atoms with E-state index in [0.717, 1.165) is 61.5 Å². The second kappa shape index (κ2) is 13.5. The van der Waals surface area contributed by atoms with E-state index in [4.69, 9.17) is 0 Å². The van der Waals surface area contributed by atoms with Gasteiger partial charge < -0.3 is 10.0 Å². The van der Waals surface area contributed by atoms with Crippen molar-refractivity contribution in [2.75, 3.05) is 42.5 Å². The van der Waals surface area contributed by atoms with Crippen LogP contribution in [0.5, 0.6) is 0 Å². The molecule has 8 heteroatoms. The summed E-state index contributed by atoms with van der Waals surface area (Å²) in [5.41, 5.74) is 6.20. The molecule has 6 nitrogen and oxygen atoms in total. The lowest BCUT2D eigenvalue weighted by Gasteiger charge is -2.36. The first-order valence-corrected chi connectivity index (χ1v) is 12.5. The number of benzene rings is 3. The number of fused-ring (bicyclic) bond motifs is 1. The molecule has 0 atom stereocenters. The summed E-state index contributed by atoms with van der Waals surface area (Å²) in [5.74, 6) is 0. The van der Waals surface area contributed by atoms with Gasteiger partial charge in [0.1, 0.15) is 0 Å². The van der Waals surface area contributed by atoms with Crippen LogP contribution in [-0.2, 0) is 13.0 Å². The molecule has 38 heavy (non-hydrogen) atoms. The molecule has 0 saturated carbocycles. The second-order valence-electron chi connectivity index (χ2n) is 9.40. The summed E-state index contributed by atoms with van der Waals surface area (Å²) in [7, 11) is 0. The maximum Gasteiger partial charge on any atom is 0.412 e. The topological polar surface area (TPSA) is 59.9 Å². The lowest BCUT2D eigenvalue weighted by molar-refractivity contribution is 0.201. The fraction of sp³-hybridized carbons (Fsp3) is 0.267. The number of pyridine rings is 1. The lowest BCUT2D eigenvalue weighted by Crippen LogP contribution is -2.47. The summed E-state index contributed by atoms with van der Waals surface area (Å²) in [6.45, 7) is 7.30. The first-order chi connectivity index (χ1) is 17.6. The van der Waals surface area contributed by atoms with Gasteiger partial charge in [-0.2, -0.15) is 0 Å². The quantitative estimate of drug-likeness (QED) is 0.286. The van der Waals surface area contributed by atoms with E-state index in [9.17, 15) is 9.90 Å². The number of piperazine rings is 1. The van der Waals surface area contributed by atoms with E-state index in [1.54, 1.807) is 0 Å². The first-order valence-electron chi connectivity index (χ1n) is 12.5. The van der Waals surface area contributed by atoms with Gasteiger partial charge in [0.25, 0.3) is 0 Å². The number of carbonyl (C=O) groups is 1. The number of hydrogen-bond donors (Lipinski definition) is 1. The second-order valence-corrected chi connectivity index (χ2v) is 9.40. The van der Waals surface area contributed by atoms with Gasteiger partial charge >= 0.3 is 6.09 Å². The minimum atomic E-state index is -0.939. The van der Waals surface area contributed by atoms with Gasteiger partial charge in [-0.25, -0.2) is 4.79 Å². The zero-order chi connectivity index (χ0) is 24.9. The SMILES string of the molecule is Cc1ccc2c(N3CCN(CCc4cccc(N(Cc5ccccc5)C(=O)O)c4)CC3)cccc2n1.Cl.Cl. The Morgan fingerprint density at radius 3 is 2.32 bits per heavy atom. The summed E-state index contributed by atoms with van der Waals surface area (Å²) in [4.78, 5) is 23.0. The van der Waals surface area contributed by atoms with Crippen molar-refractivity contribution in [3.8, 4) is 0 Å². The first kappa shape index (κ1) is 29.2. The molecule has 1 aliphatic heterocycles. The fourth-order valence-electron chi connectivity index (χ4n) is 4.93. The molecule has 1 amide bonds. The Bertz CT molecular complexity index is 1340. The Labute approximate surface area is 236 Å². The largest absolute Gasteiger partial charge is 0.465 e. The van der Waals surface area contributed by atoms with Crippen molar-refractivity contribution in [3.63, 3.8) is 0 Å². The van der Waals surface area contributed by atoms with Crippen molar-refractivity contribution in [2.45, 2.75) is 19.9 Å². The van der Waals surface area contributed by atoms with Crippen LogP contribution in [0.1, 0.15) is 16.8 Å². The molecule has 5 rings (SSSR count). The van der Waals surface area contributed by atoms with Crippen LogP contribution in [0.4, 0.5) is 16.2 Å². The zero-order valence-electron chi connectivity index (χ0n) is 21.5. The molecule has 200 valence electrons. The molecule has 0 bridgehead atoms. The highest BCUT2D eigenvalue weighted by atomic mass is 35.5. The van der Waals surface area contributed by atoms with Crippen molar-refractivity contribution >= 4 is 53.2 Å². The van der Waals surface area contributed by atoms with Gasteiger partial charge in [0.05, 0.1) is 12.1 Å². The van der Waals surface area contributed by atoms with Crippen LogP contribution in [0.25, 0.3) is 10.9 Å². The maximum atomic E-state index is 12.0. The van der Waals surface area contributed by atoms with Crippen molar-refractivity contribution < 1.29 is 9.90 Å². The lowest BCUT2D eigenvalue weighted by atomic mass is 10.1. The molecule has 1 aliphatic rings. The molecular formula is C30H34Cl2N4O2. The molecule has 0 aliphatic carbocycles. The van der Waals surface area contributed by atoms with Crippen LogP contribution in [-0.4, -0.2) is 53.8 Å². The molecule has 3 aromatic carbocycles. The average molecular weight is 554 g/mol. The van der Waals surface area contributed by atoms with Gasteiger partial charge in [-0.05, 0) is 60.9 Å². The summed E-state index contributed by atoms with van der Waals surface area (Å²) < 4.78 is 0. The predicted molar refractivity (Wildman–Crippen MR) is 160 cm³/mol. The van der Waals surface area contributed by atoms with Crippen LogP contribution >= 0.6 is 24.8 Å². The van der Waals surface area contributed by atoms with Gasteiger partial charge in [0, 0.05) is 55.2 Å². The van der Waals surface area contributed by atoms with Crippen molar-refractivity contribution in [3.05, 3.63) is 102 Å². The summed E-state index contributed by atoms with van der Waals surface area (Å²) in [5, 5.41) is 11.0. The van der Waals surface area contributed by atoms with E-state index in [2.05, 4.69) is 51.2 Å². The number of aryl methyl sites for hydroxylation is 1. The number of carboxylic acid groups (broad SMARTS) is 1. The predicted octanol–water partition coefficient (Wildman–Crippen LogP) is 6.44. The van der Waals surface area contributed by atoms with Gasteiger partial charge in [0.15, 0.2) is 0 Å². The number of anilines is 2. The van der Waals surface area contributed by atoms with Crippen molar-refractivity contribution in [1.29, 1.82) is 0 Å². The Hall–Kier alpha value is -3.32. The minimum Gasteiger partial charge on any atom is -0.465 e. The highest BCUT2D eigenvalue weighted by Crippen LogP contribution is 2.27. The zero-order valence-corrected chi connectivity index (χ0v) is 23.1. The smallest absolute Gasteiger partial charge is 0.412 e. The van der Waals surface area contributed by atoms with Gasteiger partial charge in [0.2, 0.25) is 0 Å². The third kappa shape index (κ3) is 6.95. The monoisotopic (exact) mass is 552 g/mol. The Morgan fingerprint density at radius 1 is 0.868 bits per heavy atom. The van der Waals surface area contributed by atoms with E-state index in [1.165, 1.54) is 16.0 Å². The molecule has 2 heterocycles. The van der Waals surface area contributed by atoms with E-state index in [1.807, 2.05) is 55.5 Å². The minimum absolute atomic E-state index is 0. The molecule has 1 fully saturated rings. The highest BCUT2D eigenvalue weighted by molar-refractivity contribution is 5.92. The number of aromatic nitrogens is 1. The molecule has 0 spiro atoms. The third-order valence-electron chi connectivity index (χ3n) is 6.91. The maximum absolute atomic E-state index is 12.0. The number of hydrogen-bond acceptors (Lipinski definition) is 4. The highest BCUT2D eigenvalue weighted by Gasteiger charge is 2.19. The van der Waals surface area contributed by atoms with Crippen LogP contribution in [0, 0.1) is 6.92 Å². The molecule has 4 aromatic rings. The molecule has 1 N–H and O–H groups in total. The van der Waals surface area contributed by atoms with Crippen LogP contribution in [0.3, 0.4) is 0 Å². The number of amides is 1. The van der Waals surface area contributed by atoms with E-state index in [-0.39, 0.29) is 24.8 Å². The van der Waals surface area contributed by atoms with Crippen LogP contribution in [0.2, 0.25) is 0 Å².